The second kappa shape index (κ2) is 6.73. The summed E-state index contributed by atoms with van der Waals surface area (Å²) in [5.74, 6) is 0.123. The van der Waals surface area contributed by atoms with Crippen LogP contribution in [0.15, 0.2) is 15.9 Å². The highest BCUT2D eigenvalue weighted by Gasteiger charge is 2.29. The number of hydrogen-bond donors (Lipinski definition) is 2. The molecule has 1 saturated carbocycles. The molecular weight excluding hydrogens is 324 g/mol. The minimum atomic E-state index is 0. The van der Waals surface area contributed by atoms with Crippen molar-refractivity contribution in [1.29, 1.82) is 0 Å². The van der Waals surface area contributed by atoms with Crippen molar-refractivity contribution in [1.82, 2.24) is 5.32 Å². The number of carbonyl (C=O) groups is 1. The molecule has 0 bridgehead atoms. The van der Waals surface area contributed by atoms with Crippen LogP contribution < -0.4 is 11.1 Å². The lowest BCUT2D eigenvalue weighted by Gasteiger charge is -2.14. The van der Waals surface area contributed by atoms with Gasteiger partial charge in [-0.25, -0.2) is 0 Å². The van der Waals surface area contributed by atoms with E-state index in [1.807, 2.05) is 11.4 Å². The molecule has 1 aliphatic carbocycles. The summed E-state index contributed by atoms with van der Waals surface area (Å²) in [6.07, 6.45) is 2.98. The Morgan fingerprint density at radius 1 is 1.59 bits per heavy atom. The van der Waals surface area contributed by atoms with E-state index in [-0.39, 0.29) is 30.3 Å². The molecule has 0 radical (unpaired) electrons. The first kappa shape index (κ1) is 15.0. The van der Waals surface area contributed by atoms with Gasteiger partial charge in [-0.3, -0.25) is 4.79 Å². The summed E-state index contributed by atoms with van der Waals surface area (Å²) in [7, 11) is 0. The predicted molar refractivity (Wildman–Crippen MR) is 76.4 cm³/mol. The van der Waals surface area contributed by atoms with E-state index in [2.05, 4.69) is 21.2 Å². The fourth-order valence-corrected chi connectivity index (χ4v) is 3.46. The maximum Gasteiger partial charge on any atom is 0.224 e. The Hall–Kier alpha value is -0.100. The molecule has 1 fully saturated rings. The van der Waals surface area contributed by atoms with Gasteiger partial charge in [0.1, 0.15) is 0 Å². The zero-order chi connectivity index (χ0) is 11.5. The summed E-state index contributed by atoms with van der Waals surface area (Å²) >= 11 is 5.03. The van der Waals surface area contributed by atoms with Gasteiger partial charge in [-0.2, -0.15) is 0 Å². The van der Waals surface area contributed by atoms with Gasteiger partial charge in [0.25, 0.3) is 0 Å². The topological polar surface area (TPSA) is 55.1 Å². The highest BCUT2D eigenvalue weighted by molar-refractivity contribution is 9.10. The van der Waals surface area contributed by atoms with Crippen LogP contribution >= 0.6 is 39.7 Å². The van der Waals surface area contributed by atoms with Gasteiger partial charge in [0.05, 0.1) is 12.5 Å². The molecule has 0 aliphatic heterocycles. The van der Waals surface area contributed by atoms with Gasteiger partial charge in [0.15, 0.2) is 0 Å². The zero-order valence-corrected chi connectivity index (χ0v) is 12.5. The molecule has 2 rings (SSSR count). The molecule has 0 saturated heterocycles. The van der Waals surface area contributed by atoms with E-state index in [9.17, 15) is 4.79 Å². The Bertz CT molecular complexity index is 385. The SMILES string of the molecule is Cl.NC1CCCC1C(=O)NCc1cc(Br)cs1. The first-order valence-corrected chi connectivity index (χ1v) is 7.10. The summed E-state index contributed by atoms with van der Waals surface area (Å²) in [6, 6.07) is 2.08. The van der Waals surface area contributed by atoms with Crippen LogP contribution in [0.2, 0.25) is 0 Å². The van der Waals surface area contributed by atoms with E-state index in [1.165, 1.54) is 0 Å². The summed E-state index contributed by atoms with van der Waals surface area (Å²) in [6.45, 7) is 0.609. The van der Waals surface area contributed by atoms with Gasteiger partial charge in [-0.05, 0) is 34.8 Å². The zero-order valence-electron chi connectivity index (χ0n) is 9.32. The minimum absolute atomic E-state index is 0. The number of hydrogen-bond acceptors (Lipinski definition) is 3. The fraction of sp³-hybridized carbons (Fsp3) is 0.545. The van der Waals surface area contributed by atoms with E-state index in [0.717, 1.165) is 28.6 Å². The number of nitrogens with one attached hydrogen (secondary N) is 1. The van der Waals surface area contributed by atoms with Crippen molar-refractivity contribution in [3.8, 4) is 0 Å². The van der Waals surface area contributed by atoms with Crippen molar-refractivity contribution in [2.75, 3.05) is 0 Å². The Morgan fingerprint density at radius 2 is 2.35 bits per heavy atom. The summed E-state index contributed by atoms with van der Waals surface area (Å²) in [5.41, 5.74) is 5.89. The number of carbonyl (C=O) groups excluding carboxylic acids is 1. The maximum atomic E-state index is 11.8. The van der Waals surface area contributed by atoms with Crippen LogP contribution in [0.3, 0.4) is 0 Å². The Balaban J connectivity index is 0.00000144. The number of halogens is 2. The van der Waals surface area contributed by atoms with Crippen LogP contribution in [0.1, 0.15) is 24.1 Å². The molecule has 1 aromatic rings. The number of thiophene rings is 1. The van der Waals surface area contributed by atoms with Crippen LogP contribution in [0.5, 0.6) is 0 Å². The standard InChI is InChI=1S/C11H15BrN2OS.ClH/c12-7-4-8(16-6-7)5-14-11(15)9-2-1-3-10(9)13;/h4,6,9-10H,1-3,5,13H2,(H,14,15);1H. The van der Waals surface area contributed by atoms with Crippen molar-refractivity contribution < 1.29 is 4.79 Å². The largest absolute Gasteiger partial charge is 0.351 e. The second-order valence-corrected chi connectivity index (χ2v) is 6.06. The van der Waals surface area contributed by atoms with Gasteiger partial charge in [0, 0.05) is 20.8 Å². The number of nitrogens with two attached hydrogens (primary N) is 1. The molecule has 2 unspecified atom stereocenters. The molecule has 1 aliphatic rings. The average Bonchev–Trinajstić information content (AvgIpc) is 2.84. The molecule has 1 aromatic heterocycles. The first-order valence-electron chi connectivity index (χ1n) is 5.43. The highest BCUT2D eigenvalue weighted by Crippen LogP contribution is 2.24. The Labute approximate surface area is 120 Å². The summed E-state index contributed by atoms with van der Waals surface area (Å²) < 4.78 is 1.07. The van der Waals surface area contributed by atoms with E-state index in [0.29, 0.717) is 6.54 Å². The van der Waals surface area contributed by atoms with E-state index < -0.39 is 0 Å². The van der Waals surface area contributed by atoms with Crippen LogP contribution in [0.4, 0.5) is 0 Å². The highest BCUT2D eigenvalue weighted by atomic mass is 79.9. The maximum absolute atomic E-state index is 11.8. The van der Waals surface area contributed by atoms with Crippen molar-refractivity contribution in [2.24, 2.45) is 11.7 Å². The number of rotatable bonds is 3. The molecule has 6 heteroatoms. The average molecular weight is 340 g/mol. The van der Waals surface area contributed by atoms with E-state index in [4.69, 9.17) is 5.73 Å². The van der Waals surface area contributed by atoms with Crippen LogP contribution in [-0.4, -0.2) is 11.9 Å². The Morgan fingerprint density at radius 3 is 2.88 bits per heavy atom. The predicted octanol–water partition coefficient (Wildman–Crippen LogP) is 2.68. The number of amides is 1. The lowest BCUT2D eigenvalue weighted by atomic mass is 10.0. The van der Waals surface area contributed by atoms with Gasteiger partial charge in [-0.15, -0.1) is 23.7 Å². The third kappa shape index (κ3) is 3.95. The molecule has 2 atom stereocenters. The van der Waals surface area contributed by atoms with Crippen LogP contribution in [-0.2, 0) is 11.3 Å². The second-order valence-electron chi connectivity index (χ2n) is 4.15. The van der Waals surface area contributed by atoms with Crippen molar-refractivity contribution in [3.05, 3.63) is 20.8 Å². The quantitative estimate of drug-likeness (QED) is 0.889. The fourth-order valence-electron chi connectivity index (χ4n) is 2.07. The third-order valence-electron chi connectivity index (χ3n) is 2.96. The summed E-state index contributed by atoms with van der Waals surface area (Å²) in [5, 5.41) is 4.97. The first-order chi connectivity index (χ1) is 7.66. The molecule has 1 amide bonds. The molecule has 1 heterocycles. The van der Waals surface area contributed by atoms with Gasteiger partial charge >= 0.3 is 0 Å². The van der Waals surface area contributed by atoms with Crippen LogP contribution in [0.25, 0.3) is 0 Å². The molecule has 3 nitrogen and oxygen atoms in total. The van der Waals surface area contributed by atoms with Gasteiger partial charge < -0.3 is 11.1 Å². The molecule has 17 heavy (non-hydrogen) atoms. The van der Waals surface area contributed by atoms with E-state index in [1.54, 1.807) is 11.3 Å². The lowest BCUT2D eigenvalue weighted by Crippen LogP contribution is -2.38. The van der Waals surface area contributed by atoms with Gasteiger partial charge in [-0.1, -0.05) is 6.42 Å². The molecule has 96 valence electrons. The smallest absolute Gasteiger partial charge is 0.224 e. The molecule has 0 aromatic carbocycles. The van der Waals surface area contributed by atoms with Crippen molar-refractivity contribution in [3.63, 3.8) is 0 Å². The van der Waals surface area contributed by atoms with E-state index >= 15 is 0 Å². The monoisotopic (exact) mass is 338 g/mol. The van der Waals surface area contributed by atoms with Crippen molar-refractivity contribution in [2.45, 2.75) is 31.8 Å². The van der Waals surface area contributed by atoms with Gasteiger partial charge in [0.2, 0.25) is 5.91 Å². The minimum Gasteiger partial charge on any atom is -0.351 e. The van der Waals surface area contributed by atoms with Crippen LogP contribution in [0, 0.1) is 5.92 Å². The van der Waals surface area contributed by atoms with Crippen molar-refractivity contribution >= 4 is 45.6 Å². The molecule has 3 N–H and O–H groups in total. The third-order valence-corrected chi connectivity index (χ3v) is 4.66. The molecule has 0 spiro atoms. The summed E-state index contributed by atoms with van der Waals surface area (Å²) in [4.78, 5) is 13.0. The molecular formula is C11H16BrClN2OS. The lowest BCUT2D eigenvalue weighted by molar-refractivity contribution is -0.125. The normalized spacial score (nSPS) is 23.2. The Kier molecular flexibility index (Phi) is 5.92.